The number of carbonyl (C=O) groups is 3. The van der Waals surface area contributed by atoms with Gasteiger partial charge in [-0.2, -0.15) is 0 Å². The molecular weight excluding hydrogens is 328 g/mol. The quantitative estimate of drug-likeness (QED) is 0.724. The van der Waals surface area contributed by atoms with E-state index in [0.29, 0.717) is 11.4 Å². The first-order chi connectivity index (χ1) is 9.18. The van der Waals surface area contributed by atoms with Crippen LogP contribution in [0.3, 0.4) is 0 Å². The number of nitrogens with one attached hydrogen (secondary N) is 3. The average Bonchev–Trinajstić information content (AvgIpc) is 2.29. The van der Waals surface area contributed by atoms with Crippen molar-refractivity contribution in [3.05, 3.63) is 24.3 Å². The number of amides is 4. The summed E-state index contributed by atoms with van der Waals surface area (Å²) >= 11 is 15.9. The molecule has 0 aliphatic heterocycles. The lowest BCUT2D eigenvalue weighted by atomic mass is 10.3. The molecule has 0 atom stereocenters. The van der Waals surface area contributed by atoms with Gasteiger partial charge < -0.3 is 10.6 Å². The number of anilines is 2. The molecule has 0 aromatic heterocycles. The molecule has 1 aromatic carbocycles. The second-order valence-corrected chi connectivity index (χ2v) is 5.95. The van der Waals surface area contributed by atoms with Crippen LogP contribution in [0.4, 0.5) is 16.2 Å². The van der Waals surface area contributed by atoms with Crippen LogP contribution in [0.25, 0.3) is 0 Å². The van der Waals surface area contributed by atoms with E-state index in [-0.39, 0.29) is 5.91 Å². The fourth-order valence-electron chi connectivity index (χ4n) is 1.18. The molecule has 1 rings (SSSR count). The van der Waals surface area contributed by atoms with Crippen LogP contribution >= 0.6 is 34.8 Å². The number of alkyl halides is 3. The topological polar surface area (TPSA) is 87.3 Å². The molecule has 0 unspecified atom stereocenters. The lowest BCUT2D eigenvalue weighted by Gasteiger charge is -2.11. The molecule has 3 N–H and O–H groups in total. The van der Waals surface area contributed by atoms with Gasteiger partial charge in [0.05, 0.1) is 0 Å². The SMILES string of the molecule is CC(=O)Nc1ccc(NC(=O)NC(=O)C(Cl)(Cl)Cl)cc1. The zero-order valence-electron chi connectivity index (χ0n) is 10.2. The van der Waals surface area contributed by atoms with E-state index in [1.165, 1.54) is 19.1 Å². The normalized spacial score (nSPS) is 10.6. The highest BCUT2D eigenvalue weighted by Crippen LogP contribution is 2.25. The highest BCUT2D eigenvalue weighted by Gasteiger charge is 2.31. The van der Waals surface area contributed by atoms with Gasteiger partial charge in [0.1, 0.15) is 0 Å². The molecule has 0 saturated carbocycles. The highest BCUT2D eigenvalue weighted by atomic mass is 35.6. The minimum atomic E-state index is -2.22. The molecule has 6 nitrogen and oxygen atoms in total. The number of imide groups is 1. The van der Waals surface area contributed by atoms with Crippen LogP contribution in [0.1, 0.15) is 6.92 Å². The number of benzene rings is 1. The van der Waals surface area contributed by atoms with E-state index in [1.54, 1.807) is 12.1 Å². The van der Waals surface area contributed by atoms with Gasteiger partial charge in [-0.15, -0.1) is 0 Å². The van der Waals surface area contributed by atoms with Crippen molar-refractivity contribution in [1.29, 1.82) is 0 Å². The Morgan fingerprint density at radius 1 is 0.950 bits per heavy atom. The Labute approximate surface area is 129 Å². The Morgan fingerprint density at radius 3 is 1.80 bits per heavy atom. The predicted molar refractivity (Wildman–Crippen MR) is 78.2 cm³/mol. The van der Waals surface area contributed by atoms with Gasteiger partial charge in [0, 0.05) is 18.3 Å². The molecule has 0 spiro atoms. The van der Waals surface area contributed by atoms with Crippen molar-refractivity contribution in [3.63, 3.8) is 0 Å². The van der Waals surface area contributed by atoms with Crippen molar-refractivity contribution in [2.75, 3.05) is 10.6 Å². The van der Waals surface area contributed by atoms with Crippen LogP contribution in [0.15, 0.2) is 24.3 Å². The molecule has 0 fully saturated rings. The van der Waals surface area contributed by atoms with E-state index in [4.69, 9.17) is 34.8 Å². The fraction of sp³-hybridized carbons (Fsp3) is 0.182. The van der Waals surface area contributed by atoms with E-state index >= 15 is 0 Å². The molecular formula is C11H10Cl3N3O3. The average molecular weight is 339 g/mol. The summed E-state index contributed by atoms with van der Waals surface area (Å²) in [5.74, 6) is -1.27. The summed E-state index contributed by atoms with van der Waals surface area (Å²) in [7, 11) is 0. The van der Waals surface area contributed by atoms with Crippen LogP contribution in [0, 0.1) is 0 Å². The van der Waals surface area contributed by atoms with Gasteiger partial charge in [-0.1, -0.05) is 34.8 Å². The summed E-state index contributed by atoms with van der Waals surface area (Å²) in [6, 6.07) is 5.38. The molecule has 4 amide bonds. The minimum Gasteiger partial charge on any atom is -0.326 e. The first-order valence-corrected chi connectivity index (χ1v) is 6.38. The third-order valence-corrected chi connectivity index (χ3v) is 2.46. The van der Waals surface area contributed by atoms with Crippen molar-refractivity contribution < 1.29 is 14.4 Å². The second kappa shape index (κ2) is 6.78. The van der Waals surface area contributed by atoms with Gasteiger partial charge >= 0.3 is 6.03 Å². The molecule has 0 saturated heterocycles. The van der Waals surface area contributed by atoms with Gasteiger partial charge in [-0.3, -0.25) is 14.9 Å². The van der Waals surface area contributed by atoms with Gasteiger partial charge in [-0.05, 0) is 24.3 Å². The van der Waals surface area contributed by atoms with E-state index < -0.39 is 15.7 Å². The number of hydrogen-bond donors (Lipinski definition) is 3. The maximum Gasteiger partial charge on any atom is 0.326 e. The number of halogens is 3. The maximum absolute atomic E-state index is 11.4. The molecule has 0 radical (unpaired) electrons. The van der Waals surface area contributed by atoms with Crippen LogP contribution in [0.5, 0.6) is 0 Å². The predicted octanol–water partition coefficient (Wildman–Crippen LogP) is 2.66. The first kappa shape index (κ1) is 16.6. The lowest BCUT2D eigenvalue weighted by Crippen LogP contribution is -2.41. The molecule has 0 aliphatic rings. The summed E-state index contributed by atoms with van der Waals surface area (Å²) in [6.07, 6.45) is 0. The van der Waals surface area contributed by atoms with Gasteiger partial charge in [0.15, 0.2) is 0 Å². The number of rotatable bonds is 2. The van der Waals surface area contributed by atoms with E-state index in [2.05, 4.69) is 10.6 Å². The highest BCUT2D eigenvalue weighted by molar-refractivity contribution is 6.76. The largest absolute Gasteiger partial charge is 0.326 e. The summed E-state index contributed by atoms with van der Waals surface area (Å²) in [5, 5.41) is 6.79. The molecule has 0 aliphatic carbocycles. The van der Waals surface area contributed by atoms with Crippen LogP contribution in [-0.4, -0.2) is 21.6 Å². The van der Waals surface area contributed by atoms with Gasteiger partial charge in [0.2, 0.25) is 5.91 Å². The molecule has 9 heteroatoms. The first-order valence-electron chi connectivity index (χ1n) is 5.25. The fourth-order valence-corrected chi connectivity index (χ4v) is 1.32. The zero-order valence-corrected chi connectivity index (χ0v) is 12.4. The van der Waals surface area contributed by atoms with Crippen molar-refractivity contribution in [2.24, 2.45) is 0 Å². The summed E-state index contributed by atoms with van der Waals surface area (Å²) < 4.78 is -2.22. The number of carbonyl (C=O) groups excluding carboxylic acids is 3. The van der Waals surface area contributed by atoms with E-state index in [1.807, 2.05) is 5.32 Å². The van der Waals surface area contributed by atoms with Crippen LogP contribution in [0.2, 0.25) is 0 Å². The Hall–Kier alpha value is -1.50. The summed E-state index contributed by atoms with van der Waals surface area (Å²) in [5.41, 5.74) is 0.967. The Kier molecular flexibility index (Phi) is 5.62. The molecule has 108 valence electrons. The smallest absolute Gasteiger partial charge is 0.326 e. The van der Waals surface area contributed by atoms with Crippen molar-refractivity contribution in [1.82, 2.24) is 5.32 Å². The maximum atomic E-state index is 11.4. The Morgan fingerprint density at radius 2 is 1.40 bits per heavy atom. The Balaban J connectivity index is 2.58. The monoisotopic (exact) mass is 337 g/mol. The van der Waals surface area contributed by atoms with Crippen molar-refractivity contribution in [3.8, 4) is 0 Å². The van der Waals surface area contributed by atoms with Crippen molar-refractivity contribution in [2.45, 2.75) is 10.7 Å². The van der Waals surface area contributed by atoms with Gasteiger partial charge in [0.25, 0.3) is 9.70 Å². The second-order valence-electron chi connectivity index (χ2n) is 3.66. The molecule has 0 heterocycles. The van der Waals surface area contributed by atoms with Gasteiger partial charge in [-0.25, -0.2) is 4.79 Å². The third-order valence-electron chi connectivity index (χ3n) is 1.95. The Bertz CT molecular complexity index is 526. The summed E-state index contributed by atoms with van der Waals surface area (Å²) in [6.45, 7) is 1.38. The van der Waals surface area contributed by atoms with E-state index in [0.717, 1.165) is 0 Å². The minimum absolute atomic E-state index is 0.211. The summed E-state index contributed by atoms with van der Waals surface area (Å²) in [4.78, 5) is 33.5. The lowest BCUT2D eigenvalue weighted by molar-refractivity contribution is -0.119. The van der Waals surface area contributed by atoms with Crippen LogP contribution in [-0.2, 0) is 9.59 Å². The van der Waals surface area contributed by atoms with Crippen molar-refractivity contribution >= 4 is 64.0 Å². The zero-order chi connectivity index (χ0) is 15.3. The molecule has 1 aromatic rings. The standard InChI is InChI=1S/C11H10Cl3N3O3/c1-6(18)15-7-2-4-8(5-3-7)16-10(20)17-9(19)11(12,13)14/h2-5H,1H3,(H,15,18)(H2,16,17,19,20). The molecule has 20 heavy (non-hydrogen) atoms. The van der Waals surface area contributed by atoms with E-state index in [9.17, 15) is 14.4 Å². The third kappa shape index (κ3) is 5.64. The number of hydrogen-bond acceptors (Lipinski definition) is 3. The number of urea groups is 1. The van der Waals surface area contributed by atoms with Crippen LogP contribution < -0.4 is 16.0 Å². The molecule has 0 bridgehead atoms.